The molecule has 0 amide bonds. The highest BCUT2D eigenvalue weighted by Crippen LogP contribution is 2.00. The third kappa shape index (κ3) is 7.74. The zero-order chi connectivity index (χ0) is 7.11. The Kier molecular flexibility index (Phi) is 5.70. The van der Waals surface area contributed by atoms with E-state index in [2.05, 4.69) is 32.9 Å². The Morgan fingerprint density at radius 2 is 1.89 bits per heavy atom. The molecule has 0 heterocycles. The molecular formula is C9H18. The second kappa shape index (κ2) is 5.87. The number of unbranched alkanes of at least 4 members (excludes halogenated alkanes) is 1. The highest BCUT2D eigenvalue weighted by atomic mass is 13.9. The van der Waals surface area contributed by atoms with E-state index in [0.29, 0.717) is 0 Å². The van der Waals surface area contributed by atoms with E-state index in [1.54, 1.807) is 0 Å². The highest BCUT2D eigenvalue weighted by Gasteiger charge is 1.85. The molecule has 0 aliphatic carbocycles. The molecule has 0 nitrogen and oxygen atoms in total. The Bertz CT molecular complexity index is 70.1. The lowest BCUT2D eigenvalue weighted by molar-refractivity contribution is 0.662. The lowest BCUT2D eigenvalue weighted by Crippen LogP contribution is -1.80. The van der Waals surface area contributed by atoms with E-state index in [1.807, 2.05) is 0 Å². The molecule has 0 fully saturated rings. The van der Waals surface area contributed by atoms with Gasteiger partial charge < -0.3 is 0 Å². The minimum atomic E-state index is 0.818. The molecule has 0 heteroatoms. The standard InChI is InChI=1S/C9H18/c1-4-5-6-7-8-9(2)3/h6-7,9H,4-5,8H2,1-3H3/b7-6+. The van der Waals surface area contributed by atoms with Crippen LogP contribution in [0.15, 0.2) is 12.2 Å². The van der Waals surface area contributed by atoms with Crippen LogP contribution in [0, 0.1) is 5.92 Å². The molecule has 0 saturated heterocycles. The lowest BCUT2D eigenvalue weighted by Gasteiger charge is -1.95. The summed E-state index contributed by atoms with van der Waals surface area (Å²) in [5.74, 6) is 0.818. The predicted octanol–water partition coefficient (Wildman–Crippen LogP) is 3.39. The van der Waals surface area contributed by atoms with Crippen LogP contribution in [0.1, 0.15) is 40.0 Å². The lowest BCUT2D eigenvalue weighted by atomic mass is 10.1. The van der Waals surface area contributed by atoms with Crippen LogP contribution in [0.5, 0.6) is 0 Å². The first-order valence-electron chi connectivity index (χ1n) is 3.92. The zero-order valence-corrected chi connectivity index (χ0v) is 6.85. The third-order valence-corrected chi connectivity index (χ3v) is 1.23. The smallest absolute Gasteiger partial charge is 0.0327 e. The van der Waals surface area contributed by atoms with Gasteiger partial charge in [-0.3, -0.25) is 0 Å². The van der Waals surface area contributed by atoms with Crippen LogP contribution in [0.3, 0.4) is 0 Å². The Morgan fingerprint density at radius 1 is 1.22 bits per heavy atom. The van der Waals surface area contributed by atoms with Gasteiger partial charge in [0, 0.05) is 0 Å². The van der Waals surface area contributed by atoms with Gasteiger partial charge >= 0.3 is 0 Å². The van der Waals surface area contributed by atoms with E-state index in [-0.39, 0.29) is 0 Å². The van der Waals surface area contributed by atoms with Gasteiger partial charge in [0.05, 0.1) is 0 Å². The van der Waals surface area contributed by atoms with Gasteiger partial charge in [0.15, 0.2) is 0 Å². The maximum atomic E-state index is 2.29. The number of allylic oxidation sites excluding steroid dienone is 2. The van der Waals surface area contributed by atoms with Gasteiger partial charge in [0.2, 0.25) is 0 Å². The molecule has 0 bridgehead atoms. The molecule has 0 radical (unpaired) electrons. The summed E-state index contributed by atoms with van der Waals surface area (Å²) in [6.45, 7) is 6.70. The van der Waals surface area contributed by atoms with E-state index < -0.39 is 0 Å². The van der Waals surface area contributed by atoms with Gasteiger partial charge in [0.25, 0.3) is 0 Å². The van der Waals surface area contributed by atoms with E-state index in [4.69, 9.17) is 0 Å². The van der Waals surface area contributed by atoms with Crippen LogP contribution in [-0.2, 0) is 0 Å². The second-order valence-electron chi connectivity index (χ2n) is 2.89. The van der Waals surface area contributed by atoms with Crippen molar-refractivity contribution in [1.82, 2.24) is 0 Å². The molecule has 0 rings (SSSR count). The maximum absolute atomic E-state index is 2.29. The van der Waals surface area contributed by atoms with E-state index in [9.17, 15) is 0 Å². The number of hydrogen-bond donors (Lipinski definition) is 0. The van der Waals surface area contributed by atoms with Gasteiger partial charge in [-0.25, -0.2) is 0 Å². The summed E-state index contributed by atoms with van der Waals surface area (Å²) in [5.41, 5.74) is 0. The highest BCUT2D eigenvalue weighted by molar-refractivity contribution is 4.81. The quantitative estimate of drug-likeness (QED) is 0.506. The van der Waals surface area contributed by atoms with Crippen molar-refractivity contribution >= 4 is 0 Å². The summed E-state index contributed by atoms with van der Waals surface area (Å²) in [7, 11) is 0. The first-order valence-corrected chi connectivity index (χ1v) is 3.92. The van der Waals surface area contributed by atoms with Crippen LogP contribution in [0.25, 0.3) is 0 Å². The largest absolute Gasteiger partial charge is 0.0885 e. The summed E-state index contributed by atoms with van der Waals surface area (Å²) in [5, 5.41) is 0. The van der Waals surface area contributed by atoms with Crippen molar-refractivity contribution in [3.63, 3.8) is 0 Å². The van der Waals surface area contributed by atoms with Crippen LogP contribution in [-0.4, -0.2) is 0 Å². The maximum Gasteiger partial charge on any atom is -0.0327 e. The number of hydrogen-bond acceptors (Lipinski definition) is 0. The topological polar surface area (TPSA) is 0 Å². The molecule has 0 spiro atoms. The van der Waals surface area contributed by atoms with Crippen LogP contribution in [0.2, 0.25) is 0 Å². The molecule has 0 aromatic carbocycles. The fourth-order valence-electron chi connectivity index (χ4n) is 0.653. The average molecular weight is 126 g/mol. The summed E-state index contributed by atoms with van der Waals surface area (Å²) >= 11 is 0. The molecule has 0 atom stereocenters. The monoisotopic (exact) mass is 126 g/mol. The van der Waals surface area contributed by atoms with Crippen molar-refractivity contribution in [2.45, 2.75) is 40.0 Å². The van der Waals surface area contributed by atoms with Gasteiger partial charge in [-0.15, -0.1) is 0 Å². The summed E-state index contributed by atoms with van der Waals surface area (Å²) < 4.78 is 0. The molecule has 0 N–H and O–H groups in total. The molecule has 0 aromatic rings. The summed E-state index contributed by atoms with van der Waals surface area (Å²) in [6, 6.07) is 0. The Hall–Kier alpha value is -0.260. The molecular weight excluding hydrogens is 108 g/mol. The Labute approximate surface area is 59.0 Å². The van der Waals surface area contributed by atoms with E-state index >= 15 is 0 Å². The second-order valence-corrected chi connectivity index (χ2v) is 2.89. The van der Waals surface area contributed by atoms with Gasteiger partial charge in [-0.2, -0.15) is 0 Å². The Balaban J connectivity index is 3.04. The normalized spacial score (nSPS) is 11.6. The van der Waals surface area contributed by atoms with Crippen molar-refractivity contribution < 1.29 is 0 Å². The first kappa shape index (κ1) is 8.74. The Morgan fingerprint density at radius 3 is 2.33 bits per heavy atom. The fraction of sp³-hybridized carbons (Fsp3) is 0.778. The summed E-state index contributed by atoms with van der Waals surface area (Å²) in [6.07, 6.45) is 8.31. The molecule has 0 aliphatic heterocycles. The van der Waals surface area contributed by atoms with Gasteiger partial charge in [0.1, 0.15) is 0 Å². The van der Waals surface area contributed by atoms with Crippen LogP contribution < -0.4 is 0 Å². The molecule has 0 aliphatic rings. The van der Waals surface area contributed by atoms with Crippen LogP contribution >= 0.6 is 0 Å². The molecule has 54 valence electrons. The van der Waals surface area contributed by atoms with E-state index in [0.717, 1.165) is 5.92 Å². The average Bonchev–Trinajstić information content (AvgIpc) is 1.80. The van der Waals surface area contributed by atoms with Gasteiger partial charge in [-0.1, -0.05) is 39.3 Å². The SMILES string of the molecule is CCC/C=C/CC(C)C. The van der Waals surface area contributed by atoms with Crippen LogP contribution in [0.4, 0.5) is 0 Å². The molecule has 0 unspecified atom stereocenters. The van der Waals surface area contributed by atoms with E-state index in [1.165, 1.54) is 19.3 Å². The molecule has 0 saturated carbocycles. The van der Waals surface area contributed by atoms with Gasteiger partial charge in [-0.05, 0) is 18.8 Å². The number of rotatable bonds is 4. The molecule has 0 aromatic heterocycles. The van der Waals surface area contributed by atoms with Crippen molar-refractivity contribution in [1.29, 1.82) is 0 Å². The predicted molar refractivity (Wildman–Crippen MR) is 43.5 cm³/mol. The van der Waals surface area contributed by atoms with Crippen molar-refractivity contribution in [2.24, 2.45) is 5.92 Å². The zero-order valence-electron chi connectivity index (χ0n) is 6.85. The summed E-state index contributed by atoms with van der Waals surface area (Å²) in [4.78, 5) is 0. The third-order valence-electron chi connectivity index (χ3n) is 1.23. The van der Waals surface area contributed by atoms with Crippen molar-refractivity contribution in [3.05, 3.63) is 12.2 Å². The minimum absolute atomic E-state index is 0.818. The minimum Gasteiger partial charge on any atom is -0.0885 e. The first-order chi connectivity index (χ1) is 4.27. The van der Waals surface area contributed by atoms with Crippen molar-refractivity contribution in [3.8, 4) is 0 Å². The fourth-order valence-corrected chi connectivity index (χ4v) is 0.653. The van der Waals surface area contributed by atoms with Crippen molar-refractivity contribution in [2.75, 3.05) is 0 Å². The molecule has 9 heavy (non-hydrogen) atoms.